The molecular weight excluding hydrogens is 220 g/mol. The Kier molecular flexibility index (Phi) is 4.46. The smallest absolute Gasteiger partial charge is 0.341 e. The number of hydrogen-bond acceptors (Lipinski definition) is 3. The number of carbonyl (C=O) groups excluding carboxylic acids is 1. The molecular formula is C13H14O4. The number of aliphatic carboxylic acids is 1. The lowest BCUT2D eigenvalue weighted by Gasteiger charge is -2.05. The molecule has 1 rings (SSSR count). The zero-order chi connectivity index (χ0) is 12.8. The van der Waals surface area contributed by atoms with Gasteiger partial charge in [-0.05, 0) is 36.3 Å². The van der Waals surface area contributed by atoms with E-state index in [2.05, 4.69) is 6.58 Å². The number of hydrogen-bond donors (Lipinski definition) is 1. The minimum absolute atomic E-state index is 0.0997. The summed E-state index contributed by atoms with van der Waals surface area (Å²) in [4.78, 5) is 22.0. The SMILES string of the molecule is C=C(CC)C(=O)c1ccc(OCC(=O)O)cc1. The van der Waals surface area contributed by atoms with Gasteiger partial charge in [-0.3, -0.25) is 4.79 Å². The van der Waals surface area contributed by atoms with Gasteiger partial charge in [0.25, 0.3) is 0 Å². The average molecular weight is 234 g/mol. The van der Waals surface area contributed by atoms with Gasteiger partial charge < -0.3 is 9.84 Å². The highest BCUT2D eigenvalue weighted by atomic mass is 16.5. The van der Waals surface area contributed by atoms with E-state index < -0.39 is 12.6 Å². The molecule has 0 spiro atoms. The molecule has 90 valence electrons. The molecule has 1 N–H and O–H groups in total. The van der Waals surface area contributed by atoms with Crippen molar-refractivity contribution in [3.8, 4) is 5.75 Å². The number of carboxylic acids is 1. The maximum Gasteiger partial charge on any atom is 0.341 e. The normalized spacial score (nSPS) is 9.71. The second-order valence-electron chi connectivity index (χ2n) is 3.49. The summed E-state index contributed by atoms with van der Waals surface area (Å²) in [5.74, 6) is -0.715. The van der Waals surface area contributed by atoms with E-state index in [1.54, 1.807) is 24.3 Å². The summed E-state index contributed by atoms with van der Waals surface area (Å²) in [5, 5.41) is 8.43. The van der Waals surface area contributed by atoms with E-state index in [1.165, 1.54) is 0 Å². The number of allylic oxidation sites excluding steroid dienone is 1. The third-order valence-corrected chi connectivity index (χ3v) is 2.23. The zero-order valence-corrected chi connectivity index (χ0v) is 9.60. The van der Waals surface area contributed by atoms with Crippen LogP contribution in [0.1, 0.15) is 23.7 Å². The highest BCUT2D eigenvalue weighted by Gasteiger charge is 2.08. The van der Waals surface area contributed by atoms with E-state index in [-0.39, 0.29) is 5.78 Å². The lowest BCUT2D eigenvalue weighted by atomic mass is 10.0. The quantitative estimate of drug-likeness (QED) is 0.606. The predicted octanol–water partition coefficient (Wildman–Crippen LogP) is 2.30. The van der Waals surface area contributed by atoms with E-state index in [0.717, 1.165) is 0 Å². The number of Topliss-reactive ketones (excluding diaryl/α,β-unsaturated/α-hetero) is 1. The van der Waals surface area contributed by atoms with Crippen LogP contribution in [-0.2, 0) is 4.79 Å². The first kappa shape index (κ1) is 13.0. The molecule has 1 aromatic rings. The van der Waals surface area contributed by atoms with Crippen molar-refractivity contribution in [1.82, 2.24) is 0 Å². The Hall–Kier alpha value is -2.10. The fraction of sp³-hybridized carbons (Fsp3) is 0.231. The molecule has 0 aliphatic carbocycles. The molecule has 0 heterocycles. The fourth-order valence-electron chi connectivity index (χ4n) is 1.21. The van der Waals surface area contributed by atoms with Gasteiger partial charge in [-0.25, -0.2) is 4.79 Å². The summed E-state index contributed by atoms with van der Waals surface area (Å²) < 4.78 is 4.96. The summed E-state index contributed by atoms with van der Waals surface area (Å²) >= 11 is 0. The van der Waals surface area contributed by atoms with Gasteiger partial charge in [0.1, 0.15) is 5.75 Å². The number of rotatable bonds is 6. The summed E-state index contributed by atoms with van der Waals surface area (Å²) in [6.07, 6.45) is 0.607. The number of benzene rings is 1. The first-order valence-corrected chi connectivity index (χ1v) is 5.21. The summed E-state index contributed by atoms with van der Waals surface area (Å²) in [6.45, 7) is 5.14. The van der Waals surface area contributed by atoms with Gasteiger partial charge in [0.05, 0.1) is 0 Å². The lowest BCUT2D eigenvalue weighted by molar-refractivity contribution is -0.139. The van der Waals surface area contributed by atoms with Gasteiger partial charge >= 0.3 is 5.97 Å². The fourth-order valence-corrected chi connectivity index (χ4v) is 1.21. The van der Waals surface area contributed by atoms with Crippen molar-refractivity contribution in [2.24, 2.45) is 0 Å². The topological polar surface area (TPSA) is 63.6 Å². The summed E-state index contributed by atoms with van der Waals surface area (Å²) in [6, 6.07) is 6.33. The van der Waals surface area contributed by atoms with Crippen LogP contribution in [-0.4, -0.2) is 23.5 Å². The number of ether oxygens (including phenoxy) is 1. The van der Waals surface area contributed by atoms with Crippen molar-refractivity contribution in [2.75, 3.05) is 6.61 Å². The Morgan fingerprint density at radius 1 is 1.29 bits per heavy atom. The first-order valence-electron chi connectivity index (χ1n) is 5.21. The second-order valence-corrected chi connectivity index (χ2v) is 3.49. The standard InChI is InChI=1S/C13H14O4/c1-3-9(2)13(16)10-4-6-11(7-5-10)17-8-12(14)15/h4-7H,2-3,8H2,1H3,(H,14,15). The highest BCUT2D eigenvalue weighted by molar-refractivity contribution is 6.08. The van der Waals surface area contributed by atoms with Crippen LogP contribution in [0.3, 0.4) is 0 Å². The Morgan fingerprint density at radius 2 is 1.88 bits per heavy atom. The predicted molar refractivity (Wildman–Crippen MR) is 63.3 cm³/mol. The van der Waals surface area contributed by atoms with Crippen LogP contribution in [0.4, 0.5) is 0 Å². The molecule has 0 amide bonds. The van der Waals surface area contributed by atoms with Crippen molar-refractivity contribution in [2.45, 2.75) is 13.3 Å². The molecule has 4 heteroatoms. The maximum absolute atomic E-state index is 11.7. The Labute approximate surface area is 99.5 Å². The van der Waals surface area contributed by atoms with Gasteiger partial charge in [-0.2, -0.15) is 0 Å². The van der Waals surface area contributed by atoms with Crippen LogP contribution in [0.2, 0.25) is 0 Å². The monoisotopic (exact) mass is 234 g/mol. The van der Waals surface area contributed by atoms with Crippen LogP contribution in [0.15, 0.2) is 36.4 Å². The molecule has 0 atom stereocenters. The van der Waals surface area contributed by atoms with Crippen LogP contribution >= 0.6 is 0 Å². The van der Waals surface area contributed by atoms with Crippen LogP contribution in [0, 0.1) is 0 Å². The van der Waals surface area contributed by atoms with Crippen molar-refractivity contribution in [3.63, 3.8) is 0 Å². The largest absolute Gasteiger partial charge is 0.482 e. The van der Waals surface area contributed by atoms with E-state index in [1.807, 2.05) is 6.92 Å². The van der Waals surface area contributed by atoms with E-state index in [0.29, 0.717) is 23.3 Å². The highest BCUT2D eigenvalue weighted by Crippen LogP contribution is 2.15. The van der Waals surface area contributed by atoms with Crippen LogP contribution in [0.25, 0.3) is 0 Å². The molecule has 0 unspecified atom stereocenters. The molecule has 1 aromatic carbocycles. The number of carbonyl (C=O) groups is 2. The van der Waals surface area contributed by atoms with E-state index in [4.69, 9.17) is 9.84 Å². The minimum Gasteiger partial charge on any atom is -0.482 e. The van der Waals surface area contributed by atoms with Crippen molar-refractivity contribution < 1.29 is 19.4 Å². The number of ketones is 1. The van der Waals surface area contributed by atoms with E-state index in [9.17, 15) is 9.59 Å². The summed E-state index contributed by atoms with van der Waals surface area (Å²) in [5.41, 5.74) is 1.07. The van der Waals surface area contributed by atoms with Gasteiger partial charge in [0.15, 0.2) is 12.4 Å². The van der Waals surface area contributed by atoms with Gasteiger partial charge in [-0.1, -0.05) is 13.5 Å². The molecule has 0 bridgehead atoms. The number of carboxylic acid groups (broad SMARTS) is 1. The van der Waals surface area contributed by atoms with Crippen LogP contribution < -0.4 is 4.74 Å². The Bertz CT molecular complexity index is 431. The molecule has 17 heavy (non-hydrogen) atoms. The van der Waals surface area contributed by atoms with Gasteiger partial charge in [0.2, 0.25) is 0 Å². The van der Waals surface area contributed by atoms with Gasteiger partial charge in [-0.15, -0.1) is 0 Å². The lowest BCUT2D eigenvalue weighted by Crippen LogP contribution is -2.09. The second kappa shape index (κ2) is 5.84. The summed E-state index contributed by atoms with van der Waals surface area (Å²) in [7, 11) is 0. The Balaban J connectivity index is 2.71. The third-order valence-electron chi connectivity index (χ3n) is 2.23. The zero-order valence-electron chi connectivity index (χ0n) is 9.60. The Morgan fingerprint density at radius 3 is 2.35 bits per heavy atom. The molecule has 4 nitrogen and oxygen atoms in total. The van der Waals surface area contributed by atoms with Crippen molar-refractivity contribution in [3.05, 3.63) is 42.0 Å². The minimum atomic E-state index is -1.04. The average Bonchev–Trinajstić information content (AvgIpc) is 2.35. The molecule has 0 saturated carbocycles. The first-order chi connectivity index (χ1) is 8.04. The molecule has 0 aliphatic heterocycles. The van der Waals surface area contributed by atoms with Gasteiger partial charge in [0, 0.05) is 5.56 Å². The molecule has 0 saturated heterocycles. The molecule has 0 aromatic heterocycles. The molecule has 0 fully saturated rings. The van der Waals surface area contributed by atoms with E-state index >= 15 is 0 Å². The molecule has 0 aliphatic rings. The third kappa shape index (κ3) is 3.75. The maximum atomic E-state index is 11.7. The van der Waals surface area contributed by atoms with Crippen LogP contribution in [0.5, 0.6) is 5.75 Å². The van der Waals surface area contributed by atoms with Crippen molar-refractivity contribution >= 4 is 11.8 Å². The van der Waals surface area contributed by atoms with Crippen molar-refractivity contribution in [1.29, 1.82) is 0 Å². The molecule has 0 radical (unpaired) electrons.